The fraction of sp³-hybridized carbons (Fsp3) is 0.458. The third kappa shape index (κ3) is 6.13. The van der Waals surface area contributed by atoms with Crippen LogP contribution >= 0.6 is 0 Å². The van der Waals surface area contributed by atoms with Gasteiger partial charge in [-0.2, -0.15) is 0 Å². The summed E-state index contributed by atoms with van der Waals surface area (Å²) in [4.78, 5) is 29.6. The third-order valence-electron chi connectivity index (χ3n) is 5.59. The maximum absolute atomic E-state index is 13.0. The van der Waals surface area contributed by atoms with E-state index in [1.165, 1.54) is 19.4 Å². The quantitative estimate of drug-likeness (QED) is 0.635. The minimum absolute atomic E-state index is 0.115. The van der Waals surface area contributed by atoms with E-state index in [1.807, 2.05) is 30.3 Å². The van der Waals surface area contributed by atoms with Crippen molar-refractivity contribution < 1.29 is 33.6 Å². The van der Waals surface area contributed by atoms with Crippen LogP contribution in [0, 0.1) is 0 Å². The van der Waals surface area contributed by atoms with Gasteiger partial charge in [0.2, 0.25) is 0 Å². The minimum atomic E-state index is -0.899. The van der Waals surface area contributed by atoms with Gasteiger partial charge in [-0.15, -0.1) is 0 Å². The number of cyclic esters (lactones) is 1. The summed E-state index contributed by atoms with van der Waals surface area (Å²) in [6.07, 6.45) is 2.42. The maximum atomic E-state index is 13.0. The van der Waals surface area contributed by atoms with Crippen molar-refractivity contribution in [2.45, 2.75) is 57.0 Å². The first-order valence-corrected chi connectivity index (χ1v) is 10.9. The molecule has 1 fully saturated rings. The van der Waals surface area contributed by atoms with Crippen molar-refractivity contribution in [3.63, 3.8) is 0 Å². The summed E-state index contributed by atoms with van der Waals surface area (Å²) in [5, 5.41) is 12.9. The Morgan fingerprint density at radius 2 is 1.88 bits per heavy atom. The van der Waals surface area contributed by atoms with Crippen LogP contribution in [0.15, 0.2) is 42.6 Å². The van der Waals surface area contributed by atoms with Crippen LogP contribution in [0.25, 0.3) is 0 Å². The number of carbonyl (C=O) groups is 2. The number of amides is 1. The lowest BCUT2D eigenvalue weighted by Crippen LogP contribution is -2.49. The number of aromatic hydroxyl groups is 1. The Balaban J connectivity index is 1.75. The first-order valence-electron chi connectivity index (χ1n) is 10.9. The van der Waals surface area contributed by atoms with Crippen LogP contribution in [0.2, 0.25) is 0 Å². The molecule has 2 N–H and O–H groups in total. The molecule has 1 saturated heterocycles. The van der Waals surface area contributed by atoms with Crippen molar-refractivity contribution in [1.82, 2.24) is 10.3 Å². The number of benzene rings is 1. The lowest BCUT2D eigenvalue weighted by atomic mass is 9.99. The van der Waals surface area contributed by atoms with E-state index in [0.717, 1.165) is 6.42 Å². The van der Waals surface area contributed by atoms with E-state index < -0.39 is 35.9 Å². The normalized spacial score (nSPS) is 23.8. The van der Waals surface area contributed by atoms with E-state index in [-0.39, 0.29) is 17.5 Å². The molecule has 9 heteroatoms. The van der Waals surface area contributed by atoms with Crippen molar-refractivity contribution >= 4 is 11.9 Å². The van der Waals surface area contributed by atoms with Crippen molar-refractivity contribution in [1.29, 1.82) is 0 Å². The number of esters is 1. The second-order valence-corrected chi connectivity index (χ2v) is 7.83. The smallest absolute Gasteiger partial charge is 0.329 e. The summed E-state index contributed by atoms with van der Waals surface area (Å²) >= 11 is 0. The van der Waals surface area contributed by atoms with E-state index in [2.05, 4.69) is 10.3 Å². The number of methoxy groups -OCH3 is 2. The largest absolute Gasteiger partial charge is 0.503 e. The van der Waals surface area contributed by atoms with Gasteiger partial charge in [0.1, 0.15) is 17.9 Å². The molecule has 1 amide bonds. The predicted octanol–water partition coefficient (Wildman–Crippen LogP) is 2.86. The summed E-state index contributed by atoms with van der Waals surface area (Å²) in [6, 6.07) is 9.81. The molecule has 2 aromatic rings. The first kappa shape index (κ1) is 24.3. The van der Waals surface area contributed by atoms with Gasteiger partial charge < -0.3 is 29.4 Å². The molecule has 4 atom stereocenters. The van der Waals surface area contributed by atoms with E-state index in [4.69, 9.17) is 18.9 Å². The zero-order chi connectivity index (χ0) is 23.8. The molecule has 0 spiro atoms. The molecule has 33 heavy (non-hydrogen) atoms. The predicted molar refractivity (Wildman–Crippen MR) is 119 cm³/mol. The van der Waals surface area contributed by atoms with Crippen LogP contribution < -0.4 is 14.8 Å². The highest BCUT2D eigenvalue weighted by Crippen LogP contribution is 2.28. The molecule has 0 unspecified atom stereocenters. The third-order valence-corrected chi connectivity index (χ3v) is 5.59. The van der Waals surface area contributed by atoms with Gasteiger partial charge in [-0.3, -0.25) is 4.79 Å². The number of carbonyl (C=O) groups excluding carboxylic acids is 2. The number of rotatable bonds is 6. The van der Waals surface area contributed by atoms with Crippen LogP contribution in [0.5, 0.6) is 17.2 Å². The van der Waals surface area contributed by atoms with Gasteiger partial charge in [0.25, 0.3) is 5.91 Å². The molecule has 0 saturated carbocycles. The van der Waals surface area contributed by atoms with Crippen molar-refractivity contribution in [3.05, 3.63) is 48.3 Å². The molecule has 9 nitrogen and oxygen atoms in total. The Morgan fingerprint density at radius 3 is 2.58 bits per heavy atom. The number of nitrogens with one attached hydrogen (secondary N) is 1. The average molecular weight is 459 g/mol. The monoisotopic (exact) mass is 458 g/mol. The van der Waals surface area contributed by atoms with Crippen molar-refractivity contribution in [2.75, 3.05) is 14.2 Å². The van der Waals surface area contributed by atoms with Gasteiger partial charge in [-0.05, 0) is 31.9 Å². The summed E-state index contributed by atoms with van der Waals surface area (Å²) in [5.41, 5.74) is -0.225. The second kappa shape index (κ2) is 11.5. The average Bonchev–Trinajstić information content (AvgIpc) is 2.82. The lowest BCUT2D eigenvalue weighted by Gasteiger charge is -2.33. The van der Waals surface area contributed by atoms with Crippen LogP contribution in [0.1, 0.15) is 43.1 Å². The van der Waals surface area contributed by atoms with Crippen LogP contribution in [-0.2, 0) is 14.3 Å². The zero-order valence-corrected chi connectivity index (χ0v) is 19.0. The summed E-state index contributed by atoms with van der Waals surface area (Å²) in [7, 11) is 2.99. The van der Waals surface area contributed by atoms with Crippen molar-refractivity contribution in [2.24, 2.45) is 0 Å². The topological polar surface area (TPSA) is 116 Å². The van der Waals surface area contributed by atoms with Crippen LogP contribution in [0.4, 0.5) is 0 Å². The molecular formula is C24H30N2O7. The lowest BCUT2D eigenvalue weighted by molar-refractivity contribution is -0.160. The van der Waals surface area contributed by atoms with E-state index in [9.17, 15) is 14.7 Å². The summed E-state index contributed by atoms with van der Waals surface area (Å²) in [5.74, 6) is -0.905. The Bertz CT molecular complexity index is 938. The van der Waals surface area contributed by atoms with Crippen molar-refractivity contribution in [3.8, 4) is 17.2 Å². The number of para-hydroxylation sites is 1. The number of ether oxygens (including phenoxy) is 4. The number of aromatic nitrogens is 1. The van der Waals surface area contributed by atoms with E-state index in [0.29, 0.717) is 25.0 Å². The summed E-state index contributed by atoms with van der Waals surface area (Å²) in [6.45, 7) is 1.74. The highest BCUT2D eigenvalue weighted by Gasteiger charge is 2.35. The van der Waals surface area contributed by atoms with Gasteiger partial charge in [-0.25, -0.2) is 9.78 Å². The second-order valence-electron chi connectivity index (χ2n) is 7.83. The molecule has 0 aliphatic carbocycles. The maximum Gasteiger partial charge on any atom is 0.329 e. The molecule has 1 aliphatic rings. The molecule has 3 rings (SSSR count). The van der Waals surface area contributed by atoms with Gasteiger partial charge in [0, 0.05) is 19.4 Å². The Morgan fingerprint density at radius 1 is 1.15 bits per heavy atom. The SMILES string of the molecule is COc1ccnc(C(=O)N[C@H]2CCCC[C@H](OC)[C@@H](Oc3ccccc3)[C@H](C)OC2=O)c1O. The Hall–Kier alpha value is -3.33. The molecule has 0 bridgehead atoms. The van der Waals surface area contributed by atoms with Crippen LogP contribution in [-0.4, -0.2) is 60.5 Å². The molecule has 178 valence electrons. The van der Waals surface area contributed by atoms with Gasteiger partial charge >= 0.3 is 5.97 Å². The molecular weight excluding hydrogens is 428 g/mol. The fourth-order valence-corrected chi connectivity index (χ4v) is 3.82. The fourth-order valence-electron chi connectivity index (χ4n) is 3.82. The highest BCUT2D eigenvalue weighted by atomic mass is 16.6. The number of hydrogen-bond donors (Lipinski definition) is 2. The van der Waals surface area contributed by atoms with E-state index in [1.54, 1.807) is 14.0 Å². The standard InChI is InChI=1S/C24H30N2O7/c1-15-22(33-16-9-5-4-6-10-16)19(31-3)12-8-7-11-17(24(29)32-15)26-23(28)20-21(27)18(30-2)13-14-25-20/h4-6,9-10,13-15,17,19,22,27H,7-8,11-12H2,1-3H3,(H,26,28)/t15-,17-,19-,22-/m0/s1. The molecule has 0 radical (unpaired) electrons. The number of nitrogens with zero attached hydrogens (tertiary/aromatic N) is 1. The minimum Gasteiger partial charge on any atom is -0.503 e. The summed E-state index contributed by atoms with van der Waals surface area (Å²) < 4.78 is 22.5. The van der Waals surface area contributed by atoms with E-state index >= 15 is 0 Å². The Labute approximate surface area is 193 Å². The zero-order valence-electron chi connectivity index (χ0n) is 19.0. The van der Waals surface area contributed by atoms with Gasteiger partial charge in [0.05, 0.1) is 13.2 Å². The van der Waals surface area contributed by atoms with Gasteiger partial charge in [0.15, 0.2) is 23.3 Å². The first-order chi connectivity index (χ1) is 15.9. The van der Waals surface area contributed by atoms with Gasteiger partial charge in [-0.1, -0.05) is 31.0 Å². The Kier molecular flexibility index (Phi) is 8.48. The molecule has 1 aliphatic heterocycles. The van der Waals surface area contributed by atoms with Crippen LogP contribution in [0.3, 0.4) is 0 Å². The highest BCUT2D eigenvalue weighted by molar-refractivity contribution is 5.97. The molecule has 1 aromatic carbocycles. The molecule has 2 heterocycles. The number of pyridine rings is 1. The molecule has 1 aromatic heterocycles. The number of hydrogen-bond acceptors (Lipinski definition) is 8.